The number of hydrogen-bond donors (Lipinski definition) is 1. The molecule has 3 heteroatoms. The van der Waals surface area contributed by atoms with Gasteiger partial charge < -0.3 is 4.90 Å². The van der Waals surface area contributed by atoms with Gasteiger partial charge in [0.2, 0.25) is 0 Å². The van der Waals surface area contributed by atoms with Crippen LogP contribution in [0.15, 0.2) is 0 Å². The van der Waals surface area contributed by atoms with Crippen LogP contribution in [0, 0.1) is 16.7 Å². The number of nitrogens with zero attached hydrogens (tertiary/aromatic N) is 2. The van der Waals surface area contributed by atoms with Crippen LogP contribution in [-0.2, 0) is 0 Å². The van der Waals surface area contributed by atoms with Gasteiger partial charge in [0.25, 0.3) is 0 Å². The highest BCUT2D eigenvalue weighted by Crippen LogP contribution is 2.20. The molecular weight excluding hydrogens is 198 g/mol. The minimum absolute atomic E-state index is 0.0370. The Labute approximate surface area is 99.8 Å². The maximum atomic E-state index is 9.02. The van der Waals surface area contributed by atoms with Crippen LogP contribution in [-0.4, -0.2) is 37.1 Å². The molecule has 0 spiro atoms. The lowest BCUT2D eigenvalue weighted by Crippen LogP contribution is -2.36. The summed E-state index contributed by atoms with van der Waals surface area (Å²) in [5.41, 5.74) is 0.334. The molecule has 1 aliphatic rings. The van der Waals surface area contributed by atoms with E-state index < -0.39 is 0 Å². The SMILES string of the molecule is CN(CCC(C#N)NC1CC1)CC(C)(C)C. The molecule has 0 aliphatic heterocycles. The lowest BCUT2D eigenvalue weighted by atomic mass is 9.96. The summed E-state index contributed by atoms with van der Waals surface area (Å²) in [5, 5.41) is 12.4. The molecule has 3 nitrogen and oxygen atoms in total. The van der Waals surface area contributed by atoms with Crippen LogP contribution in [0.1, 0.15) is 40.0 Å². The molecule has 0 saturated heterocycles. The zero-order valence-corrected chi connectivity index (χ0v) is 11.1. The molecule has 0 aromatic carbocycles. The maximum absolute atomic E-state index is 9.02. The first-order valence-corrected chi connectivity index (χ1v) is 6.25. The third-order valence-corrected chi connectivity index (χ3v) is 2.71. The van der Waals surface area contributed by atoms with Crippen molar-refractivity contribution >= 4 is 0 Å². The summed E-state index contributed by atoms with van der Waals surface area (Å²) in [6.07, 6.45) is 3.42. The van der Waals surface area contributed by atoms with Gasteiger partial charge in [-0.1, -0.05) is 20.8 Å². The smallest absolute Gasteiger partial charge is 0.0967 e. The van der Waals surface area contributed by atoms with E-state index in [1.807, 2.05) is 0 Å². The van der Waals surface area contributed by atoms with E-state index in [2.05, 4.69) is 44.1 Å². The number of nitrogens with one attached hydrogen (secondary N) is 1. The van der Waals surface area contributed by atoms with E-state index in [0.29, 0.717) is 11.5 Å². The van der Waals surface area contributed by atoms with E-state index in [-0.39, 0.29) is 6.04 Å². The van der Waals surface area contributed by atoms with Crippen molar-refractivity contribution in [3.8, 4) is 6.07 Å². The highest BCUT2D eigenvalue weighted by atomic mass is 15.1. The van der Waals surface area contributed by atoms with Crippen LogP contribution in [0.4, 0.5) is 0 Å². The van der Waals surface area contributed by atoms with Gasteiger partial charge in [0.15, 0.2) is 0 Å². The van der Waals surface area contributed by atoms with Crippen LogP contribution >= 0.6 is 0 Å². The van der Waals surface area contributed by atoms with E-state index in [4.69, 9.17) is 5.26 Å². The standard InChI is InChI=1S/C13H25N3/c1-13(2,3)10-16(4)8-7-12(9-14)15-11-5-6-11/h11-12,15H,5-8,10H2,1-4H3. The number of nitriles is 1. The summed E-state index contributed by atoms with van der Waals surface area (Å²) < 4.78 is 0. The van der Waals surface area contributed by atoms with Crippen molar-refractivity contribution in [3.63, 3.8) is 0 Å². The molecule has 1 saturated carbocycles. The van der Waals surface area contributed by atoms with Crippen molar-refractivity contribution in [2.24, 2.45) is 5.41 Å². The lowest BCUT2D eigenvalue weighted by Gasteiger charge is -2.27. The summed E-state index contributed by atoms with van der Waals surface area (Å²) in [6, 6.07) is 3.01. The van der Waals surface area contributed by atoms with Crippen molar-refractivity contribution in [2.45, 2.75) is 52.1 Å². The van der Waals surface area contributed by atoms with Gasteiger partial charge in [-0.15, -0.1) is 0 Å². The molecule has 1 aliphatic carbocycles. The summed E-state index contributed by atoms with van der Waals surface area (Å²) in [7, 11) is 2.14. The lowest BCUT2D eigenvalue weighted by molar-refractivity contribution is 0.221. The quantitative estimate of drug-likeness (QED) is 0.748. The molecule has 0 aromatic rings. The first-order chi connectivity index (χ1) is 7.40. The Morgan fingerprint density at radius 3 is 2.50 bits per heavy atom. The highest BCUT2D eigenvalue weighted by molar-refractivity contribution is 4.96. The zero-order valence-electron chi connectivity index (χ0n) is 11.1. The number of rotatable bonds is 6. The fraction of sp³-hybridized carbons (Fsp3) is 0.923. The summed E-state index contributed by atoms with van der Waals surface area (Å²) in [5.74, 6) is 0. The van der Waals surface area contributed by atoms with Crippen molar-refractivity contribution in [2.75, 3.05) is 20.1 Å². The molecule has 1 N–H and O–H groups in total. The van der Waals surface area contributed by atoms with Crippen LogP contribution in [0.5, 0.6) is 0 Å². The molecule has 1 rings (SSSR count). The Morgan fingerprint density at radius 2 is 2.06 bits per heavy atom. The van der Waals surface area contributed by atoms with Crippen LogP contribution in [0.2, 0.25) is 0 Å². The Hall–Kier alpha value is -0.590. The van der Waals surface area contributed by atoms with Gasteiger partial charge in [0.05, 0.1) is 12.1 Å². The first kappa shape index (κ1) is 13.5. The number of hydrogen-bond acceptors (Lipinski definition) is 3. The van der Waals surface area contributed by atoms with Gasteiger partial charge in [-0.2, -0.15) is 5.26 Å². The van der Waals surface area contributed by atoms with Gasteiger partial charge in [-0.05, 0) is 31.7 Å². The second-order valence-electron chi connectivity index (χ2n) is 6.21. The topological polar surface area (TPSA) is 39.1 Å². The molecule has 92 valence electrons. The fourth-order valence-electron chi connectivity index (χ4n) is 1.96. The monoisotopic (exact) mass is 223 g/mol. The molecule has 16 heavy (non-hydrogen) atoms. The summed E-state index contributed by atoms with van der Waals surface area (Å²) in [6.45, 7) is 8.80. The van der Waals surface area contributed by atoms with Gasteiger partial charge in [0, 0.05) is 19.1 Å². The average Bonchev–Trinajstić information content (AvgIpc) is 2.92. The van der Waals surface area contributed by atoms with Crippen molar-refractivity contribution in [1.29, 1.82) is 5.26 Å². The maximum Gasteiger partial charge on any atom is 0.0967 e. The molecule has 1 fully saturated rings. The molecule has 0 heterocycles. The Bertz CT molecular complexity index is 245. The van der Waals surface area contributed by atoms with Gasteiger partial charge in [0.1, 0.15) is 0 Å². The van der Waals surface area contributed by atoms with Crippen LogP contribution < -0.4 is 5.32 Å². The Balaban J connectivity index is 2.18. The molecule has 1 atom stereocenters. The Morgan fingerprint density at radius 1 is 1.44 bits per heavy atom. The van der Waals surface area contributed by atoms with Crippen molar-refractivity contribution in [3.05, 3.63) is 0 Å². The second kappa shape index (κ2) is 5.65. The molecule has 0 radical (unpaired) electrons. The second-order valence-corrected chi connectivity index (χ2v) is 6.21. The summed E-state index contributed by atoms with van der Waals surface area (Å²) >= 11 is 0. The molecule has 0 bridgehead atoms. The minimum atomic E-state index is 0.0370. The fourth-order valence-corrected chi connectivity index (χ4v) is 1.96. The summed E-state index contributed by atoms with van der Waals surface area (Å²) in [4.78, 5) is 2.32. The predicted octanol–water partition coefficient (Wildman–Crippen LogP) is 2.00. The largest absolute Gasteiger partial charge is 0.306 e. The Kier molecular flexibility index (Phi) is 4.76. The van der Waals surface area contributed by atoms with Crippen LogP contribution in [0.3, 0.4) is 0 Å². The zero-order chi connectivity index (χ0) is 12.2. The van der Waals surface area contributed by atoms with E-state index >= 15 is 0 Å². The molecule has 0 aromatic heterocycles. The molecular formula is C13H25N3. The van der Waals surface area contributed by atoms with Gasteiger partial charge >= 0.3 is 0 Å². The van der Waals surface area contributed by atoms with Gasteiger partial charge in [-0.25, -0.2) is 0 Å². The van der Waals surface area contributed by atoms with Crippen molar-refractivity contribution in [1.82, 2.24) is 10.2 Å². The normalized spacial score (nSPS) is 18.5. The average molecular weight is 223 g/mol. The highest BCUT2D eigenvalue weighted by Gasteiger charge is 2.24. The van der Waals surface area contributed by atoms with Crippen LogP contribution in [0.25, 0.3) is 0 Å². The first-order valence-electron chi connectivity index (χ1n) is 6.25. The molecule has 0 amide bonds. The van der Waals surface area contributed by atoms with E-state index in [1.165, 1.54) is 12.8 Å². The van der Waals surface area contributed by atoms with E-state index in [9.17, 15) is 0 Å². The van der Waals surface area contributed by atoms with E-state index in [1.54, 1.807) is 0 Å². The molecule has 1 unspecified atom stereocenters. The van der Waals surface area contributed by atoms with Crippen molar-refractivity contribution < 1.29 is 0 Å². The van der Waals surface area contributed by atoms with E-state index in [0.717, 1.165) is 19.5 Å². The van der Waals surface area contributed by atoms with Gasteiger partial charge in [-0.3, -0.25) is 5.32 Å². The third-order valence-electron chi connectivity index (χ3n) is 2.71. The predicted molar refractivity (Wildman–Crippen MR) is 67.1 cm³/mol. The minimum Gasteiger partial charge on any atom is -0.306 e. The third kappa shape index (κ3) is 6.09.